The normalized spacial score (nSPS) is 19.8. The van der Waals surface area contributed by atoms with Crippen molar-refractivity contribution in [3.05, 3.63) is 65.7 Å². The van der Waals surface area contributed by atoms with Gasteiger partial charge in [0.2, 0.25) is 5.91 Å². The Kier molecular flexibility index (Phi) is 4.61. The number of carbonyl (C=O) groups is 2. The van der Waals surface area contributed by atoms with Crippen molar-refractivity contribution < 1.29 is 9.59 Å². The molecule has 4 rings (SSSR count). The zero-order valence-electron chi connectivity index (χ0n) is 14.7. The van der Waals surface area contributed by atoms with Gasteiger partial charge in [-0.3, -0.25) is 4.79 Å². The van der Waals surface area contributed by atoms with E-state index in [1.807, 2.05) is 59.5 Å². The second-order valence-corrected chi connectivity index (χ2v) is 7.02. The molecule has 1 fully saturated rings. The van der Waals surface area contributed by atoms with Gasteiger partial charge in [-0.1, -0.05) is 48.5 Å². The number of fused-ring (bicyclic) bond motifs is 1. The molecule has 0 saturated carbocycles. The van der Waals surface area contributed by atoms with E-state index < -0.39 is 0 Å². The standard InChI is InChI=1S/C21H23N3O2/c25-20-19(17-8-4-5-9-18(17)23-20)16-10-12-24(13-11-16)21(26)22-14-15-6-2-1-3-7-15/h1-9,16,19H,10-14H2,(H,22,26)(H,23,25). The predicted octanol–water partition coefficient (Wildman–Crippen LogP) is 3.34. The van der Waals surface area contributed by atoms with Crippen LogP contribution in [0.15, 0.2) is 54.6 Å². The van der Waals surface area contributed by atoms with Crippen molar-refractivity contribution in [3.8, 4) is 0 Å². The quantitative estimate of drug-likeness (QED) is 0.893. The van der Waals surface area contributed by atoms with Crippen molar-refractivity contribution in [2.24, 2.45) is 5.92 Å². The number of rotatable bonds is 3. The largest absolute Gasteiger partial charge is 0.334 e. The van der Waals surface area contributed by atoms with Crippen molar-refractivity contribution in [2.45, 2.75) is 25.3 Å². The van der Waals surface area contributed by atoms with Crippen LogP contribution in [0.25, 0.3) is 0 Å². The lowest BCUT2D eigenvalue weighted by atomic mass is 9.81. The minimum Gasteiger partial charge on any atom is -0.334 e. The molecule has 3 amide bonds. The van der Waals surface area contributed by atoms with E-state index in [0.29, 0.717) is 19.6 Å². The summed E-state index contributed by atoms with van der Waals surface area (Å²) in [6, 6.07) is 17.8. The Hall–Kier alpha value is -2.82. The molecule has 2 aromatic rings. The van der Waals surface area contributed by atoms with Gasteiger partial charge in [0.1, 0.15) is 0 Å². The van der Waals surface area contributed by atoms with Crippen LogP contribution < -0.4 is 10.6 Å². The number of para-hydroxylation sites is 1. The van der Waals surface area contributed by atoms with Crippen LogP contribution in [0.3, 0.4) is 0 Å². The summed E-state index contributed by atoms with van der Waals surface area (Å²) in [4.78, 5) is 26.7. The number of carbonyl (C=O) groups excluding carboxylic acids is 2. The average Bonchev–Trinajstić information content (AvgIpc) is 3.03. The van der Waals surface area contributed by atoms with Crippen molar-refractivity contribution in [3.63, 3.8) is 0 Å². The molecule has 5 heteroatoms. The third-order valence-electron chi connectivity index (χ3n) is 5.42. The van der Waals surface area contributed by atoms with Crippen molar-refractivity contribution in [1.29, 1.82) is 0 Å². The lowest BCUT2D eigenvalue weighted by Crippen LogP contribution is -2.45. The summed E-state index contributed by atoms with van der Waals surface area (Å²) < 4.78 is 0. The number of likely N-dealkylation sites (tertiary alicyclic amines) is 1. The fourth-order valence-electron chi connectivity index (χ4n) is 4.02. The van der Waals surface area contributed by atoms with Gasteiger partial charge in [-0.2, -0.15) is 0 Å². The number of hydrogen-bond donors (Lipinski definition) is 2. The van der Waals surface area contributed by atoms with Crippen molar-refractivity contribution in [2.75, 3.05) is 18.4 Å². The summed E-state index contributed by atoms with van der Waals surface area (Å²) in [6.45, 7) is 1.92. The Morgan fingerprint density at radius 1 is 1.04 bits per heavy atom. The highest BCUT2D eigenvalue weighted by Gasteiger charge is 2.38. The fraction of sp³-hybridized carbons (Fsp3) is 0.333. The van der Waals surface area contributed by atoms with E-state index in [2.05, 4.69) is 10.6 Å². The highest BCUT2D eigenvalue weighted by atomic mass is 16.2. The summed E-state index contributed by atoms with van der Waals surface area (Å²) in [5, 5.41) is 5.97. The van der Waals surface area contributed by atoms with Crippen LogP contribution in [0.5, 0.6) is 0 Å². The van der Waals surface area contributed by atoms with Gasteiger partial charge in [-0.25, -0.2) is 4.79 Å². The van der Waals surface area contributed by atoms with Crippen LogP contribution >= 0.6 is 0 Å². The summed E-state index contributed by atoms with van der Waals surface area (Å²) in [5.41, 5.74) is 3.13. The van der Waals surface area contributed by atoms with Gasteiger partial charge in [0, 0.05) is 25.3 Å². The fourth-order valence-corrected chi connectivity index (χ4v) is 4.02. The number of piperidine rings is 1. The molecule has 2 heterocycles. The van der Waals surface area contributed by atoms with Crippen molar-refractivity contribution in [1.82, 2.24) is 10.2 Å². The smallest absolute Gasteiger partial charge is 0.317 e. The molecule has 2 aromatic carbocycles. The van der Waals surface area contributed by atoms with Gasteiger partial charge in [-0.05, 0) is 36.0 Å². The lowest BCUT2D eigenvalue weighted by Gasteiger charge is -2.34. The number of anilines is 1. The average molecular weight is 349 g/mol. The SMILES string of the molecule is O=C1Nc2ccccc2C1C1CCN(C(=O)NCc2ccccc2)CC1. The molecule has 0 aliphatic carbocycles. The zero-order valence-corrected chi connectivity index (χ0v) is 14.7. The van der Waals surface area contributed by atoms with E-state index >= 15 is 0 Å². The van der Waals surface area contributed by atoms with Crippen LogP contribution in [0.1, 0.15) is 29.9 Å². The topological polar surface area (TPSA) is 61.4 Å². The van der Waals surface area contributed by atoms with Crippen LogP contribution in [0.4, 0.5) is 10.5 Å². The van der Waals surface area contributed by atoms with Gasteiger partial charge in [0.25, 0.3) is 0 Å². The Morgan fingerprint density at radius 2 is 1.73 bits per heavy atom. The first kappa shape index (κ1) is 16.6. The molecule has 0 bridgehead atoms. The first-order valence-corrected chi connectivity index (χ1v) is 9.19. The minimum atomic E-state index is -0.0827. The number of urea groups is 1. The molecule has 0 radical (unpaired) electrons. The number of benzene rings is 2. The highest BCUT2D eigenvalue weighted by Crippen LogP contribution is 2.41. The summed E-state index contributed by atoms with van der Waals surface area (Å²) in [6.07, 6.45) is 1.70. The van der Waals surface area contributed by atoms with Gasteiger partial charge in [-0.15, -0.1) is 0 Å². The summed E-state index contributed by atoms with van der Waals surface area (Å²) >= 11 is 0. The van der Waals surface area contributed by atoms with E-state index in [1.54, 1.807) is 0 Å². The molecular weight excluding hydrogens is 326 g/mol. The van der Waals surface area contributed by atoms with E-state index in [1.165, 1.54) is 0 Å². The monoisotopic (exact) mass is 349 g/mol. The first-order valence-electron chi connectivity index (χ1n) is 9.19. The highest BCUT2D eigenvalue weighted by molar-refractivity contribution is 6.03. The van der Waals surface area contributed by atoms with E-state index in [0.717, 1.165) is 29.7 Å². The minimum absolute atomic E-state index is 0.0245. The van der Waals surface area contributed by atoms with Crippen molar-refractivity contribution >= 4 is 17.6 Å². The third-order valence-corrected chi connectivity index (χ3v) is 5.42. The Morgan fingerprint density at radius 3 is 2.50 bits per heavy atom. The summed E-state index contributed by atoms with van der Waals surface area (Å²) in [5.74, 6) is 0.302. The Balaban J connectivity index is 1.33. The maximum Gasteiger partial charge on any atom is 0.317 e. The molecule has 26 heavy (non-hydrogen) atoms. The Bertz CT molecular complexity index is 798. The van der Waals surface area contributed by atoms with Crippen LogP contribution in [-0.2, 0) is 11.3 Å². The number of nitrogens with zero attached hydrogens (tertiary/aromatic N) is 1. The third kappa shape index (κ3) is 3.29. The van der Waals surface area contributed by atoms with Crippen LogP contribution in [0.2, 0.25) is 0 Å². The number of hydrogen-bond acceptors (Lipinski definition) is 2. The molecule has 5 nitrogen and oxygen atoms in total. The second-order valence-electron chi connectivity index (χ2n) is 7.02. The van der Waals surface area contributed by atoms with Gasteiger partial charge in [0.15, 0.2) is 0 Å². The molecule has 134 valence electrons. The predicted molar refractivity (Wildman–Crippen MR) is 101 cm³/mol. The maximum absolute atomic E-state index is 12.4. The van der Waals surface area contributed by atoms with Crippen LogP contribution in [-0.4, -0.2) is 29.9 Å². The van der Waals surface area contributed by atoms with E-state index in [4.69, 9.17) is 0 Å². The molecule has 0 aromatic heterocycles. The molecule has 2 aliphatic rings. The van der Waals surface area contributed by atoms with Gasteiger partial charge >= 0.3 is 6.03 Å². The molecule has 2 N–H and O–H groups in total. The number of amides is 3. The van der Waals surface area contributed by atoms with E-state index in [9.17, 15) is 9.59 Å². The van der Waals surface area contributed by atoms with Crippen LogP contribution in [0, 0.1) is 5.92 Å². The zero-order chi connectivity index (χ0) is 17.9. The second kappa shape index (κ2) is 7.20. The molecular formula is C21H23N3O2. The molecule has 1 atom stereocenters. The molecule has 1 saturated heterocycles. The van der Waals surface area contributed by atoms with Gasteiger partial charge in [0.05, 0.1) is 5.92 Å². The molecule has 1 unspecified atom stereocenters. The number of nitrogens with one attached hydrogen (secondary N) is 2. The molecule has 2 aliphatic heterocycles. The van der Waals surface area contributed by atoms with E-state index in [-0.39, 0.29) is 23.8 Å². The van der Waals surface area contributed by atoms with Gasteiger partial charge < -0.3 is 15.5 Å². The maximum atomic E-state index is 12.4. The summed E-state index contributed by atoms with van der Waals surface area (Å²) in [7, 11) is 0. The lowest BCUT2D eigenvalue weighted by molar-refractivity contribution is -0.118. The Labute approximate surface area is 153 Å². The molecule has 0 spiro atoms. The first-order chi connectivity index (χ1) is 12.7.